The van der Waals surface area contributed by atoms with Crippen molar-refractivity contribution in [2.24, 2.45) is 0 Å². The molecule has 5 rings (SSSR count). The van der Waals surface area contributed by atoms with Crippen LogP contribution >= 0.6 is 22.9 Å². The first kappa shape index (κ1) is 27.1. The molecule has 2 aromatic heterocycles. The average molecular weight is 578 g/mol. The van der Waals surface area contributed by atoms with E-state index in [2.05, 4.69) is 31.4 Å². The molecule has 1 aliphatic carbocycles. The number of nitrogens with zero attached hydrogens (tertiary/aromatic N) is 2. The smallest absolute Gasteiger partial charge is 0.335 e. The second-order valence-corrected chi connectivity index (χ2v) is 12.6. The van der Waals surface area contributed by atoms with Gasteiger partial charge in [-0.3, -0.25) is 8.98 Å². The zero-order valence-electron chi connectivity index (χ0n) is 20.8. The Morgan fingerprint density at radius 3 is 2.87 bits per heavy atom. The van der Waals surface area contributed by atoms with Crippen LogP contribution in [0.3, 0.4) is 0 Å². The maximum Gasteiger partial charge on any atom is 0.335 e. The van der Waals surface area contributed by atoms with Gasteiger partial charge >= 0.3 is 10.3 Å². The van der Waals surface area contributed by atoms with Crippen LogP contribution in [0, 0.1) is 6.92 Å². The van der Waals surface area contributed by atoms with Gasteiger partial charge in [0, 0.05) is 35.7 Å². The second kappa shape index (κ2) is 11.0. The quantitative estimate of drug-likeness (QED) is 0.297. The van der Waals surface area contributed by atoms with Gasteiger partial charge in [0.05, 0.1) is 22.6 Å². The SMILES string of the molecule is CNS(=O)(=O)O[C@@H]1C[C@H](Nc2ncncc2C(=O)c2cc([C@@H]3NCCc4ccc(Cl)cc43)c(C)s2)C[C@@H]1O. The van der Waals surface area contributed by atoms with Crippen LogP contribution in [0.2, 0.25) is 5.02 Å². The third-order valence-corrected chi connectivity index (χ3v) is 9.22. The number of aliphatic hydroxyl groups excluding tert-OH is 1. The second-order valence-electron chi connectivity index (χ2n) is 9.39. The van der Waals surface area contributed by atoms with Gasteiger partial charge in [0.1, 0.15) is 18.2 Å². The Kier molecular flexibility index (Phi) is 7.83. The number of rotatable bonds is 8. The Morgan fingerprint density at radius 2 is 2.08 bits per heavy atom. The molecule has 4 atom stereocenters. The molecule has 202 valence electrons. The maximum atomic E-state index is 13.6. The zero-order chi connectivity index (χ0) is 27.0. The lowest BCUT2D eigenvalue weighted by Gasteiger charge is -2.27. The summed E-state index contributed by atoms with van der Waals surface area (Å²) >= 11 is 7.70. The van der Waals surface area contributed by atoms with E-state index in [-0.39, 0.29) is 30.7 Å². The maximum absolute atomic E-state index is 13.6. The van der Waals surface area contributed by atoms with Gasteiger partial charge in [-0.05, 0) is 61.1 Å². The van der Waals surface area contributed by atoms with E-state index in [0.29, 0.717) is 21.3 Å². The number of hydrogen-bond acceptors (Lipinski definition) is 10. The van der Waals surface area contributed by atoms with Crippen molar-refractivity contribution < 1.29 is 22.5 Å². The first-order chi connectivity index (χ1) is 18.1. The van der Waals surface area contributed by atoms with Crippen LogP contribution in [-0.2, 0) is 20.9 Å². The molecule has 1 aromatic carbocycles. The Labute approximate surface area is 230 Å². The van der Waals surface area contributed by atoms with Gasteiger partial charge in [-0.15, -0.1) is 11.3 Å². The standard InChI is InChI=1S/C25H28ClN5O5S2/c1-13-17(23-18-7-15(26)4-3-14(18)5-6-29-23)10-22(37-13)24(33)19-11-28-12-30-25(19)31-16-8-20(32)21(9-16)36-38(34,35)27-2/h3-4,7,10-12,16,20-21,23,27,29,32H,5-6,8-9H2,1-2H3,(H,28,30,31)/t16-,20+,21-,23+/m1/s1. The van der Waals surface area contributed by atoms with Gasteiger partial charge in [-0.25, -0.2) is 9.97 Å². The van der Waals surface area contributed by atoms with Gasteiger partial charge < -0.3 is 15.7 Å². The lowest BCUT2D eigenvalue weighted by atomic mass is 9.90. The molecule has 1 saturated carbocycles. The summed E-state index contributed by atoms with van der Waals surface area (Å²) in [7, 11) is -2.71. The van der Waals surface area contributed by atoms with E-state index in [9.17, 15) is 18.3 Å². The number of ketones is 1. The molecule has 0 unspecified atom stereocenters. The van der Waals surface area contributed by atoms with Crippen molar-refractivity contribution in [3.8, 4) is 0 Å². The van der Waals surface area contributed by atoms with Crippen LogP contribution in [0.5, 0.6) is 0 Å². The van der Waals surface area contributed by atoms with E-state index in [4.69, 9.17) is 15.8 Å². The minimum Gasteiger partial charge on any atom is -0.390 e. The summed E-state index contributed by atoms with van der Waals surface area (Å²) in [6, 6.07) is 7.44. The van der Waals surface area contributed by atoms with E-state index in [1.807, 2.05) is 25.1 Å². The average Bonchev–Trinajstić information content (AvgIpc) is 3.44. The molecule has 0 radical (unpaired) electrons. The van der Waals surface area contributed by atoms with Crippen molar-refractivity contribution in [3.05, 3.63) is 73.8 Å². The molecule has 3 aromatic rings. The number of carbonyl (C=O) groups excluding carboxylic acids is 1. The Hall–Kier alpha value is -2.45. The van der Waals surface area contributed by atoms with Crippen molar-refractivity contribution in [1.29, 1.82) is 0 Å². The predicted molar refractivity (Wildman–Crippen MR) is 145 cm³/mol. The van der Waals surface area contributed by atoms with Crippen molar-refractivity contribution in [3.63, 3.8) is 0 Å². The summed E-state index contributed by atoms with van der Waals surface area (Å²) in [5.74, 6) is 0.0959. The van der Waals surface area contributed by atoms with Crippen LogP contribution in [0.25, 0.3) is 0 Å². The number of nitrogens with one attached hydrogen (secondary N) is 3. The summed E-state index contributed by atoms with van der Waals surface area (Å²) in [6.07, 6.45) is 2.27. The molecular weight excluding hydrogens is 550 g/mol. The fourth-order valence-corrected chi connectivity index (χ4v) is 6.86. The highest BCUT2D eigenvalue weighted by molar-refractivity contribution is 7.84. The fourth-order valence-electron chi connectivity index (χ4n) is 5.04. The minimum absolute atomic E-state index is 0.0642. The van der Waals surface area contributed by atoms with Crippen LogP contribution in [0.15, 0.2) is 36.8 Å². The number of aromatic nitrogens is 2. The molecule has 1 fully saturated rings. The molecule has 0 amide bonds. The van der Waals surface area contributed by atoms with Gasteiger partial charge in [0.15, 0.2) is 0 Å². The Balaban J connectivity index is 1.37. The summed E-state index contributed by atoms with van der Waals surface area (Å²) in [4.78, 5) is 23.5. The lowest BCUT2D eigenvalue weighted by molar-refractivity contribution is 0.0636. The molecule has 0 saturated heterocycles. The van der Waals surface area contributed by atoms with E-state index >= 15 is 0 Å². The number of benzene rings is 1. The zero-order valence-corrected chi connectivity index (χ0v) is 23.2. The van der Waals surface area contributed by atoms with Crippen molar-refractivity contribution in [2.75, 3.05) is 18.9 Å². The predicted octanol–water partition coefficient (Wildman–Crippen LogP) is 2.75. The van der Waals surface area contributed by atoms with E-state index in [0.717, 1.165) is 29.0 Å². The number of aliphatic hydroxyl groups is 1. The summed E-state index contributed by atoms with van der Waals surface area (Å²) in [6.45, 7) is 2.82. The largest absolute Gasteiger partial charge is 0.390 e. The highest BCUT2D eigenvalue weighted by Crippen LogP contribution is 2.37. The number of hydrogen-bond donors (Lipinski definition) is 4. The van der Waals surface area contributed by atoms with Crippen molar-refractivity contribution in [1.82, 2.24) is 20.0 Å². The highest BCUT2D eigenvalue weighted by Gasteiger charge is 2.37. The number of halogens is 1. The highest BCUT2D eigenvalue weighted by atomic mass is 35.5. The monoisotopic (exact) mass is 577 g/mol. The number of thiophene rings is 1. The molecule has 0 spiro atoms. The summed E-state index contributed by atoms with van der Waals surface area (Å²) in [5.41, 5.74) is 3.67. The fraction of sp³-hybridized carbons (Fsp3) is 0.400. The number of anilines is 1. The van der Waals surface area contributed by atoms with Crippen LogP contribution < -0.4 is 15.4 Å². The topological polar surface area (TPSA) is 143 Å². The minimum atomic E-state index is -3.95. The molecule has 38 heavy (non-hydrogen) atoms. The Bertz CT molecular complexity index is 1460. The number of carbonyl (C=O) groups is 1. The molecule has 3 heterocycles. The summed E-state index contributed by atoms with van der Waals surface area (Å²) in [5, 5.41) is 17.7. The summed E-state index contributed by atoms with van der Waals surface area (Å²) < 4.78 is 30.6. The first-order valence-electron chi connectivity index (χ1n) is 12.2. The molecule has 13 heteroatoms. The molecule has 1 aliphatic heterocycles. The van der Waals surface area contributed by atoms with Gasteiger partial charge in [-0.1, -0.05) is 17.7 Å². The van der Waals surface area contributed by atoms with Crippen LogP contribution in [0.4, 0.5) is 5.82 Å². The van der Waals surface area contributed by atoms with Crippen LogP contribution in [0.1, 0.15) is 55.7 Å². The molecule has 10 nitrogen and oxygen atoms in total. The van der Waals surface area contributed by atoms with Gasteiger partial charge in [0.2, 0.25) is 5.78 Å². The molecular formula is C25H28ClN5O5S2. The van der Waals surface area contributed by atoms with Crippen LogP contribution in [-0.4, -0.2) is 61.1 Å². The number of fused-ring (bicyclic) bond motifs is 1. The Morgan fingerprint density at radius 1 is 1.26 bits per heavy atom. The third-order valence-electron chi connectivity index (χ3n) is 6.92. The van der Waals surface area contributed by atoms with E-state index in [1.165, 1.54) is 36.5 Å². The third kappa shape index (κ3) is 5.62. The number of aryl methyl sites for hydroxylation is 1. The molecule has 4 N–H and O–H groups in total. The molecule has 2 aliphatic rings. The lowest BCUT2D eigenvalue weighted by Crippen LogP contribution is -2.31. The van der Waals surface area contributed by atoms with E-state index < -0.39 is 22.5 Å². The van der Waals surface area contributed by atoms with Crippen molar-refractivity contribution >= 4 is 44.8 Å². The first-order valence-corrected chi connectivity index (χ1v) is 14.8. The van der Waals surface area contributed by atoms with Gasteiger partial charge in [-0.2, -0.15) is 13.1 Å². The van der Waals surface area contributed by atoms with Crippen molar-refractivity contribution in [2.45, 2.75) is 50.5 Å². The molecule has 0 bridgehead atoms. The normalized spacial score (nSPS) is 23.3. The van der Waals surface area contributed by atoms with Gasteiger partial charge in [0.25, 0.3) is 0 Å². The van der Waals surface area contributed by atoms with E-state index in [1.54, 1.807) is 0 Å².